The highest BCUT2D eigenvalue weighted by atomic mass is 35.5. The van der Waals surface area contributed by atoms with Crippen molar-refractivity contribution in [2.45, 2.75) is 45.1 Å². The molecule has 1 aliphatic rings. The van der Waals surface area contributed by atoms with E-state index in [-0.39, 0.29) is 6.10 Å². The van der Waals surface area contributed by atoms with E-state index < -0.39 is 5.97 Å². The van der Waals surface area contributed by atoms with Gasteiger partial charge in [0.2, 0.25) is 0 Å². The van der Waals surface area contributed by atoms with Crippen molar-refractivity contribution in [2.24, 2.45) is 5.92 Å². The molecule has 1 saturated carbocycles. The Morgan fingerprint density at radius 3 is 2.71 bits per heavy atom. The number of hydrogen-bond donors (Lipinski definition) is 1. The number of hydrogen-bond acceptors (Lipinski definition) is 2. The zero-order valence-corrected chi connectivity index (χ0v) is 13.0. The maximum Gasteiger partial charge on any atom is 0.328 e. The van der Waals surface area contributed by atoms with Crippen LogP contribution in [-0.2, 0) is 4.79 Å². The fraction of sp³-hybridized carbons (Fsp3) is 0.471. The fourth-order valence-electron chi connectivity index (χ4n) is 2.76. The Labute approximate surface area is 130 Å². The minimum Gasteiger partial charge on any atom is -0.490 e. The number of carboxylic acid groups (broad SMARTS) is 1. The number of carbonyl (C=O) groups is 1. The largest absolute Gasteiger partial charge is 0.490 e. The maximum atomic E-state index is 10.7. The summed E-state index contributed by atoms with van der Waals surface area (Å²) in [5.74, 6) is 0.544. The molecule has 2 rings (SSSR count). The fourth-order valence-corrected chi connectivity index (χ4v) is 2.94. The van der Waals surface area contributed by atoms with Gasteiger partial charge in [-0.3, -0.25) is 0 Å². The molecule has 1 aromatic carbocycles. The number of halogens is 1. The monoisotopic (exact) mass is 308 g/mol. The lowest BCUT2D eigenvalue weighted by molar-refractivity contribution is -0.131. The Balaban J connectivity index is 2.07. The molecule has 0 aliphatic heterocycles. The van der Waals surface area contributed by atoms with E-state index in [1.807, 2.05) is 6.07 Å². The average molecular weight is 309 g/mol. The van der Waals surface area contributed by atoms with Crippen LogP contribution in [0.15, 0.2) is 24.3 Å². The predicted molar refractivity (Wildman–Crippen MR) is 84.8 cm³/mol. The molecule has 4 heteroatoms. The van der Waals surface area contributed by atoms with Crippen molar-refractivity contribution in [1.29, 1.82) is 0 Å². The van der Waals surface area contributed by atoms with Crippen molar-refractivity contribution < 1.29 is 14.6 Å². The predicted octanol–water partition coefficient (Wildman–Crippen LogP) is 4.79. The lowest BCUT2D eigenvalue weighted by atomic mass is 9.86. The van der Waals surface area contributed by atoms with Crippen LogP contribution in [0.5, 0.6) is 5.75 Å². The highest BCUT2D eigenvalue weighted by Gasteiger charge is 2.21. The van der Waals surface area contributed by atoms with E-state index in [1.54, 1.807) is 12.1 Å². The Hall–Kier alpha value is -1.48. The smallest absolute Gasteiger partial charge is 0.328 e. The van der Waals surface area contributed by atoms with Gasteiger partial charge in [-0.1, -0.05) is 24.9 Å². The van der Waals surface area contributed by atoms with E-state index in [4.69, 9.17) is 21.4 Å². The second-order valence-corrected chi connectivity index (χ2v) is 5.96. The summed E-state index contributed by atoms with van der Waals surface area (Å²) in [7, 11) is 0. The summed E-state index contributed by atoms with van der Waals surface area (Å²) < 4.78 is 6.06. The molecule has 0 radical (unpaired) electrons. The molecule has 0 heterocycles. The minimum atomic E-state index is -0.982. The van der Waals surface area contributed by atoms with Crippen molar-refractivity contribution in [2.75, 3.05) is 0 Å². The zero-order chi connectivity index (χ0) is 15.2. The van der Waals surface area contributed by atoms with E-state index in [0.717, 1.165) is 24.8 Å². The summed E-state index contributed by atoms with van der Waals surface area (Å²) in [5, 5.41) is 9.32. The number of aliphatic carboxylic acids is 1. The molecule has 0 saturated heterocycles. The van der Waals surface area contributed by atoms with Gasteiger partial charge in [-0.05, 0) is 55.9 Å². The highest BCUT2D eigenvalue weighted by molar-refractivity contribution is 6.30. The van der Waals surface area contributed by atoms with Crippen LogP contribution in [0.25, 0.3) is 6.08 Å². The molecule has 1 aliphatic carbocycles. The third-order valence-corrected chi connectivity index (χ3v) is 4.28. The molecule has 1 aromatic rings. The van der Waals surface area contributed by atoms with Gasteiger partial charge in [-0.25, -0.2) is 4.79 Å². The molecular weight excluding hydrogens is 288 g/mol. The Morgan fingerprint density at radius 1 is 1.38 bits per heavy atom. The summed E-state index contributed by atoms with van der Waals surface area (Å²) in [6.45, 7) is 2.24. The molecule has 21 heavy (non-hydrogen) atoms. The van der Waals surface area contributed by atoms with E-state index >= 15 is 0 Å². The van der Waals surface area contributed by atoms with Crippen molar-refractivity contribution in [1.82, 2.24) is 0 Å². The first-order chi connectivity index (χ1) is 10.1. The molecule has 1 N–H and O–H groups in total. The second-order valence-electron chi connectivity index (χ2n) is 5.52. The van der Waals surface area contributed by atoms with Gasteiger partial charge in [0, 0.05) is 16.7 Å². The van der Waals surface area contributed by atoms with Crippen LogP contribution in [0, 0.1) is 5.92 Å². The number of ether oxygens (including phenoxy) is 1. The van der Waals surface area contributed by atoms with Crippen LogP contribution in [0.4, 0.5) is 0 Å². The first-order valence-corrected chi connectivity index (χ1v) is 7.83. The Morgan fingerprint density at radius 2 is 2.10 bits per heavy atom. The minimum absolute atomic E-state index is 0.214. The molecule has 114 valence electrons. The van der Waals surface area contributed by atoms with Gasteiger partial charge in [0.25, 0.3) is 0 Å². The lowest BCUT2D eigenvalue weighted by Gasteiger charge is -2.28. The SMILES string of the molecule is CCC1CCC(Oc2ccc(Cl)cc2C=CC(=O)O)CC1. The number of rotatable bonds is 5. The Kier molecular flexibility index (Phi) is 5.68. The first kappa shape index (κ1) is 15.9. The quantitative estimate of drug-likeness (QED) is 0.796. The van der Waals surface area contributed by atoms with Gasteiger partial charge >= 0.3 is 5.97 Å². The summed E-state index contributed by atoms with van der Waals surface area (Å²) in [6, 6.07) is 5.32. The van der Waals surface area contributed by atoms with Crippen LogP contribution in [0.1, 0.15) is 44.6 Å². The van der Waals surface area contributed by atoms with E-state index in [9.17, 15) is 4.79 Å². The van der Waals surface area contributed by atoms with Gasteiger partial charge in [0.05, 0.1) is 6.10 Å². The van der Waals surface area contributed by atoms with Crippen molar-refractivity contribution in [3.63, 3.8) is 0 Å². The summed E-state index contributed by atoms with van der Waals surface area (Å²) in [4.78, 5) is 10.7. The van der Waals surface area contributed by atoms with Gasteiger partial charge in [0.15, 0.2) is 0 Å². The third-order valence-electron chi connectivity index (χ3n) is 4.04. The standard InChI is InChI=1S/C17H21ClO3/c1-2-12-3-7-15(8-4-12)21-16-9-6-14(18)11-13(16)5-10-17(19)20/h5-6,9-12,15H,2-4,7-8H2,1H3,(H,19,20). The molecule has 0 bridgehead atoms. The van der Waals surface area contributed by atoms with Gasteiger partial charge in [-0.15, -0.1) is 0 Å². The number of benzene rings is 1. The van der Waals surface area contributed by atoms with Crippen LogP contribution < -0.4 is 4.74 Å². The topological polar surface area (TPSA) is 46.5 Å². The van der Waals surface area contributed by atoms with Gasteiger partial charge < -0.3 is 9.84 Å². The van der Waals surface area contributed by atoms with E-state index in [2.05, 4.69) is 6.92 Å². The molecule has 0 atom stereocenters. The van der Waals surface area contributed by atoms with Crippen LogP contribution >= 0.6 is 11.6 Å². The maximum absolute atomic E-state index is 10.7. The van der Waals surface area contributed by atoms with Crippen molar-refractivity contribution in [3.8, 4) is 5.75 Å². The molecule has 0 spiro atoms. The van der Waals surface area contributed by atoms with Crippen LogP contribution in [0.3, 0.4) is 0 Å². The van der Waals surface area contributed by atoms with Crippen molar-refractivity contribution in [3.05, 3.63) is 34.9 Å². The molecule has 0 unspecified atom stereocenters. The van der Waals surface area contributed by atoms with Crippen LogP contribution in [-0.4, -0.2) is 17.2 Å². The molecule has 0 aromatic heterocycles. The highest BCUT2D eigenvalue weighted by Crippen LogP contribution is 2.31. The average Bonchev–Trinajstić information content (AvgIpc) is 2.48. The molecule has 3 nitrogen and oxygen atoms in total. The summed E-state index contributed by atoms with van der Waals surface area (Å²) in [5.41, 5.74) is 0.711. The second kappa shape index (κ2) is 7.51. The lowest BCUT2D eigenvalue weighted by Crippen LogP contribution is -2.24. The van der Waals surface area contributed by atoms with Crippen molar-refractivity contribution >= 4 is 23.6 Å². The normalized spacial score (nSPS) is 22.4. The Bertz CT molecular complexity index is 517. The van der Waals surface area contributed by atoms with Gasteiger partial charge in [-0.2, -0.15) is 0 Å². The van der Waals surface area contributed by atoms with E-state index in [1.165, 1.54) is 25.3 Å². The van der Waals surface area contributed by atoms with E-state index in [0.29, 0.717) is 16.3 Å². The molecule has 1 fully saturated rings. The summed E-state index contributed by atoms with van der Waals surface area (Å²) >= 11 is 5.98. The molecular formula is C17H21ClO3. The third kappa shape index (κ3) is 4.78. The first-order valence-electron chi connectivity index (χ1n) is 7.45. The van der Waals surface area contributed by atoms with Crippen LogP contribution in [0.2, 0.25) is 5.02 Å². The molecule has 0 amide bonds. The van der Waals surface area contributed by atoms with Gasteiger partial charge in [0.1, 0.15) is 5.75 Å². The zero-order valence-electron chi connectivity index (χ0n) is 12.2. The number of carboxylic acids is 1. The summed E-state index contributed by atoms with van der Waals surface area (Å²) in [6.07, 6.45) is 8.61.